The molecule has 170 valence electrons. The number of hydrogen-bond acceptors (Lipinski definition) is 1. The Morgan fingerprint density at radius 3 is 2.50 bits per heavy atom. The average molecular weight is 413 g/mol. The Morgan fingerprint density at radius 2 is 1.80 bits per heavy atom. The molecule has 0 aliphatic heterocycles. The highest BCUT2D eigenvalue weighted by Crippen LogP contribution is 2.67. The summed E-state index contributed by atoms with van der Waals surface area (Å²) >= 11 is 0. The number of carbonyl (C=O) groups excluding carboxylic acids is 1. The van der Waals surface area contributed by atoms with E-state index in [4.69, 9.17) is 0 Å². The highest BCUT2D eigenvalue weighted by atomic mass is 16.1. The predicted molar refractivity (Wildman–Crippen MR) is 127 cm³/mol. The summed E-state index contributed by atoms with van der Waals surface area (Å²) in [6.45, 7) is 15.0. The fourth-order valence-corrected chi connectivity index (χ4v) is 9.14. The normalized spacial score (nSPS) is 42.9. The number of fused-ring (bicyclic) bond motifs is 5. The zero-order chi connectivity index (χ0) is 21.7. The number of rotatable bonds is 6. The molecule has 0 saturated heterocycles. The van der Waals surface area contributed by atoms with Crippen molar-refractivity contribution in [3.8, 4) is 0 Å². The van der Waals surface area contributed by atoms with E-state index in [1.807, 2.05) is 0 Å². The molecule has 3 fully saturated rings. The largest absolute Gasteiger partial charge is 0.299 e. The van der Waals surface area contributed by atoms with Crippen molar-refractivity contribution in [3.63, 3.8) is 0 Å². The molecule has 4 rings (SSSR count). The Morgan fingerprint density at radius 1 is 1.03 bits per heavy atom. The van der Waals surface area contributed by atoms with E-state index in [1.54, 1.807) is 0 Å². The Labute approximate surface area is 186 Å². The van der Waals surface area contributed by atoms with E-state index in [1.165, 1.54) is 56.9 Å². The van der Waals surface area contributed by atoms with E-state index in [2.05, 4.69) is 47.6 Å². The minimum atomic E-state index is 0.327. The number of carbonyl (C=O) groups is 1. The van der Waals surface area contributed by atoms with Gasteiger partial charge in [-0.1, -0.05) is 66.0 Å². The first-order valence-corrected chi connectivity index (χ1v) is 13.4. The zero-order valence-corrected chi connectivity index (χ0v) is 20.8. The lowest BCUT2D eigenvalue weighted by molar-refractivity contribution is -0.122. The van der Waals surface area contributed by atoms with Crippen molar-refractivity contribution in [2.75, 3.05) is 0 Å². The van der Waals surface area contributed by atoms with Gasteiger partial charge in [0, 0.05) is 12.8 Å². The summed E-state index contributed by atoms with van der Waals surface area (Å²) in [6.07, 6.45) is 16.5. The third kappa shape index (κ3) is 3.65. The molecule has 2 unspecified atom stereocenters. The van der Waals surface area contributed by atoms with E-state index in [9.17, 15) is 4.79 Å². The van der Waals surface area contributed by atoms with Crippen LogP contribution in [-0.2, 0) is 4.79 Å². The minimum Gasteiger partial charge on any atom is -0.299 e. The van der Waals surface area contributed by atoms with Crippen molar-refractivity contribution in [1.29, 1.82) is 0 Å². The summed E-state index contributed by atoms with van der Waals surface area (Å²) < 4.78 is 0. The van der Waals surface area contributed by atoms with Crippen LogP contribution in [0.1, 0.15) is 112 Å². The van der Waals surface area contributed by atoms with Gasteiger partial charge in [0.05, 0.1) is 0 Å². The summed E-state index contributed by atoms with van der Waals surface area (Å²) in [7, 11) is 0. The standard InChI is InChI=1S/C29H48O/c1-7-21(19(2)3)9-8-20(4)25-12-13-26-24-11-10-22-18-23(30)14-16-28(22,5)27(24)15-17-29(25,26)6/h10,19-21,24-27H,7-9,11-18H2,1-6H3/t20?,21?,24-,25+,26-,27-,28-,29+/m0/s1. The number of Topliss-reactive ketones (excluding diaryl/α,β-unsaturated/α-hetero) is 1. The molecular formula is C29H48O. The van der Waals surface area contributed by atoms with Crippen LogP contribution in [0.5, 0.6) is 0 Å². The zero-order valence-electron chi connectivity index (χ0n) is 20.8. The Hall–Kier alpha value is -0.590. The first-order chi connectivity index (χ1) is 14.2. The van der Waals surface area contributed by atoms with Gasteiger partial charge in [0.1, 0.15) is 5.78 Å². The van der Waals surface area contributed by atoms with Gasteiger partial charge in [0.25, 0.3) is 0 Å². The first kappa shape index (κ1) is 22.6. The number of allylic oxidation sites excluding steroid dienone is 2. The fraction of sp³-hybridized carbons (Fsp3) is 0.897. The van der Waals surface area contributed by atoms with Crippen LogP contribution in [-0.4, -0.2) is 5.78 Å². The second-order valence-corrected chi connectivity index (χ2v) is 12.7. The van der Waals surface area contributed by atoms with Crippen LogP contribution in [0.4, 0.5) is 0 Å². The van der Waals surface area contributed by atoms with Crippen LogP contribution in [0.3, 0.4) is 0 Å². The molecule has 4 aliphatic carbocycles. The molecule has 30 heavy (non-hydrogen) atoms. The Kier molecular flexibility index (Phi) is 6.33. The van der Waals surface area contributed by atoms with Crippen molar-refractivity contribution < 1.29 is 4.79 Å². The first-order valence-electron chi connectivity index (χ1n) is 13.4. The summed E-state index contributed by atoms with van der Waals surface area (Å²) in [4.78, 5) is 12.1. The van der Waals surface area contributed by atoms with Crippen molar-refractivity contribution in [3.05, 3.63) is 11.6 Å². The van der Waals surface area contributed by atoms with Crippen LogP contribution < -0.4 is 0 Å². The molecule has 0 spiro atoms. The lowest BCUT2D eigenvalue weighted by atomic mass is 9.47. The lowest BCUT2D eigenvalue weighted by Gasteiger charge is -2.58. The minimum absolute atomic E-state index is 0.327. The molecule has 0 heterocycles. The van der Waals surface area contributed by atoms with Crippen molar-refractivity contribution in [1.82, 2.24) is 0 Å². The van der Waals surface area contributed by atoms with Crippen molar-refractivity contribution >= 4 is 5.78 Å². The van der Waals surface area contributed by atoms with Gasteiger partial charge in [-0.2, -0.15) is 0 Å². The molecule has 0 aromatic rings. The molecule has 3 saturated carbocycles. The second kappa shape index (κ2) is 8.40. The SMILES string of the molecule is CCC(CCC(C)[C@H]1CC[C@H]2[C@@H]3CC=C4CC(=O)CC[C@]4(C)[C@H]3CC[C@]12C)C(C)C. The van der Waals surface area contributed by atoms with E-state index < -0.39 is 0 Å². The van der Waals surface area contributed by atoms with E-state index in [0.29, 0.717) is 16.6 Å². The molecule has 0 amide bonds. The highest BCUT2D eigenvalue weighted by molar-refractivity contribution is 5.82. The third-order valence-corrected chi connectivity index (χ3v) is 11.2. The smallest absolute Gasteiger partial charge is 0.136 e. The maximum absolute atomic E-state index is 12.1. The molecule has 0 radical (unpaired) electrons. The molecule has 1 heteroatoms. The molecule has 0 aromatic heterocycles. The summed E-state index contributed by atoms with van der Waals surface area (Å²) in [5, 5.41) is 0. The fourth-order valence-electron chi connectivity index (χ4n) is 9.14. The van der Waals surface area contributed by atoms with Gasteiger partial charge >= 0.3 is 0 Å². The Balaban J connectivity index is 1.48. The number of hydrogen-bond donors (Lipinski definition) is 0. The predicted octanol–water partition coefficient (Wildman–Crippen LogP) is 8.23. The highest BCUT2D eigenvalue weighted by Gasteiger charge is 2.59. The van der Waals surface area contributed by atoms with E-state index >= 15 is 0 Å². The number of ketones is 1. The molecule has 8 atom stereocenters. The van der Waals surface area contributed by atoms with Gasteiger partial charge in [-0.25, -0.2) is 0 Å². The maximum atomic E-state index is 12.1. The Bertz CT molecular complexity index is 674. The van der Waals surface area contributed by atoms with Crippen LogP contribution in [0, 0.1) is 52.3 Å². The van der Waals surface area contributed by atoms with E-state index in [0.717, 1.165) is 60.7 Å². The summed E-state index contributed by atoms with van der Waals surface area (Å²) in [6, 6.07) is 0. The van der Waals surface area contributed by atoms with Crippen LogP contribution in [0.15, 0.2) is 11.6 Å². The second-order valence-electron chi connectivity index (χ2n) is 12.7. The maximum Gasteiger partial charge on any atom is 0.136 e. The van der Waals surface area contributed by atoms with Gasteiger partial charge in [-0.05, 0) is 97.2 Å². The van der Waals surface area contributed by atoms with Gasteiger partial charge in [0.15, 0.2) is 0 Å². The van der Waals surface area contributed by atoms with Gasteiger partial charge in [-0.3, -0.25) is 4.79 Å². The summed E-state index contributed by atoms with van der Waals surface area (Å²) in [5.41, 5.74) is 2.41. The molecule has 4 aliphatic rings. The van der Waals surface area contributed by atoms with Crippen LogP contribution in [0.25, 0.3) is 0 Å². The third-order valence-electron chi connectivity index (χ3n) is 11.2. The molecule has 0 aromatic carbocycles. The average Bonchev–Trinajstić information content (AvgIpc) is 3.06. The molecule has 0 bridgehead atoms. The molecule has 0 N–H and O–H groups in total. The summed E-state index contributed by atoms with van der Waals surface area (Å²) in [5.74, 6) is 6.66. The van der Waals surface area contributed by atoms with E-state index in [-0.39, 0.29) is 0 Å². The molecular weight excluding hydrogens is 364 g/mol. The van der Waals surface area contributed by atoms with Gasteiger partial charge in [-0.15, -0.1) is 0 Å². The van der Waals surface area contributed by atoms with Crippen molar-refractivity contribution in [2.24, 2.45) is 52.3 Å². The topological polar surface area (TPSA) is 17.1 Å². The van der Waals surface area contributed by atoms with Crippen LogP contribution >= 0.6 is 0 Å². The monoisotopic (exact) mass is 412 g/mol. The molecule has 1 nitrogen and oxygen atoms in total. The lowest BCUT2D eigenvalue weighted by Crippen LogP contribution is -2.50. The van der Waals surface area contributed by atoms with Crippen molar-refractivity contribution in [2.45, 2.75) is 112 Å². The van der Waals surface area contributed by atoms with Gasteiger partial charge in [0.2, 0.25) is 0 Å². The van der Waals surface area contributed by atoms with Gasteiger partial charge < -0.3 is 0 Å². The quantitative estimate of drug-likeness (QED) is 0.401. The van der Waals surface area contributed by atoms with Crippen LogP contribution in [0.2, 0.25) is 0 Å².